The standard InChI is InChI=1S/C11H12N2O5S/c1-7-8(2)17-10(13-7)5-12-19(15,16)11-4-3-9(6-14)18-11/h3-4,6,12H,5H2,1-2H3. The molecule has 19 heavy (non-hydrogen) atoms. The quantitative estimate of drug-likeness (QED) is 0.827. The van der Waals surface area contributed by atoms with E-state index in [0.717, 1.165) is 0 Å². The minimum absolute atomic E-state index is 0.0526. The van der Waals surface area contributed by atoms with Gasteiger partial charge >= 0.3 is 0 Å². The molecule has 2 aromatic heterocycles. The van der Waals surface area contributed by atoms with Gasteiger partial charge in [0.1, 0.15) is 5.76 Å². The molecular formula is C11H12N2O5S. The van der Waals surface area contributed by atoms with E-state index in [9.17, 15) is 13.2 Å². The third-order valence-electron chi connectivity index (χ3n) is 2.47. The summed E-state index contributed by atoms with van der Waals surface area (Å²) >= 11 is 0. The molecule has 0 spiro atoms. The van der Waals surface area contributed by atoms with Gasteiger partial charge in [-0.25, -0.2) is 13.4 Å². The molecule has 0 unspecified atom stereocenters. The molecule has 1 N–H and O–H groups in total. The minimum atomic E-state index is -3.83. The van der Waals surface area contributed by atoms with Crippen molar-refractivity contribution in [3.63, 3.8) is 0 Å². The van der Waals surface area contributed by atoms with Crippen LogP contribution in [-0.2, 0) is 16.6 Å². The van der Waals surface area contributed by atoms with Crippen LogP contribution in [0.15, 0.2) is 26.1 Å². The lowest BCUT2D eigenvalue weighted by Gasteiger charge is -2.00. The number of sulfonamides is 1. The number of rotatable bonds is 5. The van der Waals surface area contributed by atoms with Crippen LogP contribution in [0.1, 0.15) is 27.9 Å². The largest absolute Gasteiger partial charge is 0.444 e. The minimum Gasteiger partial charge on any atom is -0.444 e. The smallest absolute Gasteiger partial charge is 0.274 e. The van der Waals surface area contributed by atoms with Crippen molar-refractivity contribution in [2.75, 3.05) is 0 Å². The number of aromatic nitrogens is 1. The first kappa shape index (κ1) is 13.5. The fourth-order valence-corrected chi connectivity index (χ4v) is 2.29. The summed E-state index contributed by atoms with van der Waals surface area (Å²) in [6.07, 6.45) is 0.430. The zero-order valence-electron chi connectivity index (χ0n) is 10.3. The van der Waals surface area contributed by atoms with Gasteiger partial charge in [-0.1, -0.05) is 0 Å². The average molecular weight is 284 g/mol. The highest BCUT2D eigenvalue weighted by atomic mass is 32.2. The number of nitrogens with one attached hydrogen (secondary N) is 1. The van der Waals surface area contributed by atoms with Crippen molar-refractivity contribution in [1.82, 2.24) is 9.71 Å². The van der Waals surface area contributed by atoms with Crippen LogP contribution in [0.2, 0.25) is 0 Å². The summed E-state index contributed by atoms with van der Waals surface area (Å²) in [4.78, 5) is 14.5. The van der Waals surface area contributed by atoms with Crippen LogP contribution in [0.4, 0.5) is 0 Å². The van der Waals surface area contributed by atoms with E-state index in [0.29, 0.717) is 17.7 Å². The molecule has 2 rings (SSSR count). The number of furan rings is 1. The van der Waals surface area contributed by atoms with Crippen LogP contribution >= 0.6 is 0 Å². The molecular weight excluding hydrogens is 272 g/mol. The number of carbonyl (C=O) groups is 1. The molecule has 0 atom stereocenters. The van der Waals surface area contributed by atoms with E-state index in [4.69, 9.17) is 8.83 Å². The van der Waals surface area contributed by atoms with Crippen molar-refractivity contribution in [2.24, 2.45) is 0 Å². The lowest BCUT2D eigenvalue weighted by atomic mass is 10.4. The van der Waals surface area contributed by atoms with E-state index in [1.54, 1.807) is 13.8 Å². The highest BCUT2D eigenvalue weighted by molar-refractivity contribution is 7.89. The van der Waals surface area contributed by atoms with Crippen LogP contribution in [0.25, 0.3) is 0 Å². The summed E-state index contributed by atoms with van der Waals surface area (Å²) in [6.45, 7) is 3.41. The van der Waals surface area contributed by atoms with E-state index < -0.39 is 10.0 Å². The zero-order chi connectivity index (χ0) is 14.0. The number of oxazole rings is 1. The molecule has 2 aromatic rings. The molecule has 0 bridgehead atoms. The number of aryl methyl sites for hydroxylation is 2. The van der Waals surface area contributed by atoms with Gasteiger partial charge in [0.25, 0.3) is 10.0 Å². The first-order chi connectivity index (χ1) is 8.92. The Bertz CT molecular complexity index is 679. The SMILES string of the molecule is Cc1nc(CNS(=O)(=O)c2ccc(C=O)o2)oc1C. The second-order valence-electron chi connectivity index (χ2n) is 3.85. The van der Waals surface area contributed by atoms with Crippen LogP contribution in [0, 0.1) is 13.8 Å². The predicted molar refractivity (Wildman–Crippen MR) is 64.1 cm³/mol. The molecule has 0 amide bonds. The molecule has 0 aliphatic carbocycles. The van der Waals surface area contributed by atoms with Crippen molar-refractivity contribution in [3.8, 4) is 0 Å². The number of carbonyl (C=O) groups excluding carboxylic acids is 1. The Morgan fingerprint density at radius 3 is 2.58 bits per heavy atom. The van der Waals surface area contributed by atoms with Crippen molar-refractivity contribution < 1.29 is 22.0 Å². The Morgan fingerprint density at radius 1 is 1.32 bits per heavy atom. The molecule has 102 valence electrons. The van der Waals surface area contributed by atoms with E-state index in [1.165, 1.54) is 12.1 Å². The highest BCUT2D eigenvalue weighted by Gasteiger charge is 2.19. The molecule has 0 aromatic carbocycles. The Balaban J connectivity index is 2.11. The molecule has 0 radical (unpaired) electrons. The predicted octanol–water partition coefficient (Wildman–Crippen LogP) is 1.18. The van der Waals surface area contributed by atoms with Gasteiger partial charge in [-0.15, -0.1) is 0 Å². The maximum absolute atomic E-state index is 11.8. The summed E-state index contributed by atoms with van der Waals surface area (Å²) in [5.41, 5.74) is 0.704. The first-order valence-corrected chi connectivity index (χ1v) is 6.88. The van der Waals surface area contributed by atoms with Crippen LogP contribution in [0.3, 0.4) is 0 Å². The molecule has 2 heterocycles. The van der Waals surface area contributed by atoms with E-state index in [2.05, 4.69) is 9.71 Å². The second-order valence-corrected chi connectivity index (χ2v) is 5.55. The molecule has 0 aliphatic heterocycles. The van der Waals surface area contributed by atoms with Crippen molar-refractivity contribution >= 4 is 16.3 Å². The highest BCUT2D eigenvalue weighted by Crippen LogP contribution is 2.13. The summed E-state index contributed by atoms with van der Waals surface area (Å²) in [5.74, 6) is 0.847. The van der Waals surface area contributed by atoms with Crippen molar-refractivity contribution in [2.45, 2.75) is 25.5 Å². The van der Waals surface area contributed by atoms with Crippen LogP contribution < -0.4 is 4.72 Å². The number of hydrogen-bond acceptors (Lipinski definition) is 6. The average Bonchev–Trinajstić information content (AvgIpc) is 2.95. The van der Waals surface area contributed by atoms with Gasteiger partial charge in [-0.05, 0) is 26.0 Å². The maximum Gasteiger partial charge on any atom is 0.274 e. The zero-order valence-corrected chi connectivity index (χ0v) is 11.2. The maximum atomic E-state index is 11.8. The van der Waals surface area contributed by atoms with E-state index >= 15 is 0 Å². The summed E-state index contributed by atoms with van der Waals surface area (Å²) in [5, 5.41) is -0.324. The molecule has 8 heteroatoms. The molecule has 0 fully saturated rings. The third kappa shape index (κ3) is 2.91. The Kier molecular flexibility index (Phi) is 3.54. The summed E-state index contributed by atoms with van der Waals surface area (Å²) < 4.78 is 36.0. The fourth-order valence-electron chi connectivity index (χ4n) is 1.38. The summed E-state index contributed by atoms with van der Waals surface area (Å²) in [6, 6.07) is 2.49. The molecule has 0 saturated carbocycles. The van der Waals surface area contributed by atoms with Gasteiger partial charge in [0, 0.05) is 0 Å². The van der Waals surface area contributed by atoms with Gasteiger partial charge < -0.3 is 8.83 Å². The van der Waals surface area contributed by atoms with Crippen molar-refractivity contribution in [3.05, 3.63) is 35.2 Å². The van der Waals surface area contributed by atoms with Crippen LogP contribution in [0.5, 0.6) is 0 Å². The number of aldehydes is 1. The Morgan fingerprint density at radius 2 is 2.05 bits per heavy atom. The molecule has 7 nitrogen and oxygen atoms in total. The van der Waals surface area contributed by atoms with Crippen molar-refractivity contribution in [1.29, 1.82) is 0 Å². The van der Waals surface area contributed by atoms with Gasteiger partial charge in [-0.3, -0.25) is 4.79 Å². The van der Waals surface area contributed by atoms with E-state index in [-0.39, 0.29) is 23.3 Å². The monoisotopic (exact) mass is 284 g/mol. The van der Waals surface area contributed by atoms with Gasteiger partial charge in [-0.2, -0.15) is 4.72 Å². The first-order valence-electron chi connectivity index (χ1n) is 5.40. The fraction of sp³-hybridized carbons (Fsp3) is 0.273. The number of nitrogens with zero attached hydrogens (tertiary/aromatic N) is 1. The van der Waals surface area contributed by atoms with E-state index in [1.807, 2.05) is 0 Å². The molecule has 0 saturated heterocycles. The topological polar surface area (TPSA) is 102 Å². The Labute approximate surface area is 109 Å². The third-order valence-corrected chi connectivity index (χ3v) is 3.74. The van der Waals surface area contributed by atoms with Gasteiger partial charge in [0.2, 0.25) is 11.0 Å². The summed E-state index contributed by atoms with van der Waals surface area (Å²) in [7, 11) is -3.83. The number of hydrogen-bond donors (Lipinski definition) is 1. The Hall–Kier alpha value is -1.93. The van der Waals surface area contributed by atoms with Gasteiger partial charge in [0.15, 0.2) is 12.0 Å². The van der Waals surface area contributed by atoms with Gasteiger partial charge in [0.05, 0.1) is 12.2 Å². The lowest BCUT2D eigenvalue weighted by molar-refractivity contribution is 0.109. The molecule has 0 aliphatic rings. The second kappa shape index (κ2) is 4.98. The van der Waals surface area contributed by atoms with Crippen LogP contribution in [-0.4, -0.2) is 19.7 Å². The lowest BCUT2D eigenvalue weighted by Crippen LogP contribution is -2.23. The normalized spacial score (nSPS) is 11.7.